The van der Waals surface area contributed by atoms with Crippen LogP contribution in [-0.2, 0) is 0 Å². The summed E-state index contributed by atoms with van der Waals surface area (Å²) in [7, 11) is 0. The predicted molar refractivity (Wildman–Crippen MR) is 192 cm³/mol. The lowest BCUT2D eigenvalue weighted by Crippen LogP contribution is -2.12. The third-order valence-corrected chi connectivity index (χ3v) is 7.75. The smallest absolute Gasteiger partial charge is 0.346 e. The highest BCUT2D eigenvalue weighted by atomic mass is 19.1. The van der Waals surface area contributed by atoms with Gasteiger partial charge in [-0.25, -0.2) is 28.0 Å². The SMILES string of the molecule is CCOc1ccc(C(=O)Oc2ccc(C(=O)Oc3ccc4ccc(OC(=O)c5ccc(OC(=O)c6ccc(OCC)cc6)cc5F)cc4c3)c(F)c2)cc1. The molecule has 272 valence electrons. The zero-order valence-electron chi connectivity index (χ0n) is 28.8. The Labute approximate surface area is 307 Å². The Morgan fingerprint density at radius 3 is 1.11 bits per heavy atom. The Balaban J connectivity index is 1.08. The van der Waals surface area contributed by atoms with E-state index in [1.807, 2.05) is 13.8 Å². The van der Waals surface area contributed by atoms with Crippen LogP contribution in [0.2, 0.25) is 0 Å². The molecule has 0 N–H and O–H groups in total. The molecule has 0 heterocycles. The number of benzene rings is 6. The van der Waals surface area contributed by atoms with E-state index in [0.717, 1.165) is 24.3 Å². The first-order chi connectivity index (χ1) is 26.1. The van der Waals surface area contributed by atoms with Gasteiger partial charge in [-0.2, -0.15) is 0 Å². The molecular formula is C42H30F2O10. The van der Waals surface area contributed by atoms with Crippen molar-refractivity contribution in [2.45, 2.75) is 13.8 Å². The van der Waals surface area contributed by atoms with Crippen LogP contribution in [0.3, 0.4) is 0 Å². The van der Waals surface area contributed by atoms with Crippen molar-refractivity contribution in [3.05, 3.63) is 155 Å². The van der Waals surface area contributed by atoms with Gasteiger partial charge in [-0.1, -0.05) is 12.1 Å². The molecule has 0 aliphatic heterocycles. The van der Waals surface area contributed by atoms with Crippen LogP contribution in [0.15, 0.2) is 121 Å². The second-order valence-electron chi connectivity index (χ2n) is 11.4. The maximum Gasteiger partial charge on any atom is 0.346 e. The predicted octanol–water partition coefficient (Wildman–Crippen LogP) is 8.79. The first-order valence-corrected chi connectivity index (χ1v) is 16.6. The highest BCUT2D eigenvalue weighted by Crippen LogP contribution is 2.28. The second-order valence-corrected chi connectivity index (χ2v) is 11.4. The zero-order chi connectivity index (χ0) is 38.2. The van der Waals surface area contributed by atoms with Gasteiger partial charge >= 0.3 is 23.9 Å². The summed E-state index contributed by atoms with van der Waals surface area (Å²) in [6.45, 7) is 4.60. The number of ether oxygens (including phenoxy) is 6. The molecule has 0 aliphatic carbocycles. The van der Waals surface area contributed by atoms with Crippen LogP contribution in [0.25, 0.3) is 10.8 Å². The van der Waals surface area contributed by atoms with Crippen LogP contribution in [0.4, 0.5) is 8.78 Å². The quantitative estimate of drug-likeness (QED) is 0.0891. The van der Waals surface area contributed by atoms with E-state index in [1.165, 1.54) is 60.7 Å². The number of hydrogen-bond donors (Lipinski definition) is 0. The number of carbonyl (C=O) groups excluding carboxylic acids is 4. The highest BCUT2D eigenvalue weighted by molar-refractivity contribution is 5.95. The van der Waals surface area contributed by atoms with Gasteiger partial charge in [-0.05, 0) is 122 Å². The molecule has 0 aliphatic rings. The molecule has 12 heteroatoms. The number of fused-ring (bicyclic) bond motifs is 1. The van der Waals surface area contributed by atoms with Crippen LogP contribution >= 0.6 is 0 Å². The molecule has 0 spiro atoms. The van der Waals surface area contributed by atoms with Crippen molar-refractivity contribution in [2.75, 3.05) is 13.2 Å². The van der Waals surface area contributed by atoms with Gasteiger partial charge in [0.25, 0.3) is 0 Å². The summed E-state index contributed by atoms with van der Waals surface area (Å²) in [5.41, 5.74) is -0.367. The Bertz CT molecular complexity index is 2190. The van der Waals surface area contributed by atoms with E-state index in [2.05, 4.69) is 0 Å². The van der Waals surface area contributed by atoms with Gasteiger partial charge in [0.15, 0.2) is 0 Å². The Morgan fingerprint density at radius 1 is 0.407 bits per heavy atom. The van der Waals surface area contributed by atoms with Gasteiger partial charge in [0, 0.05) is 12.1 Å². The average molecular weight is 733 g/mol. The number of hydrogen-bond acceptors (Lipinski definition) is 10. The van der Waals surface area contributed by atoms with Gasteiger partial charge in [0.05, 0.1) is 35.5 Å². The van der Waals surface area contributed by atoms with Crippen molar-refractivity contribution >= 4 is 34.6 Å². The fourth-order valence-electron chi connectivity index (χ4n) is 5.14. The van der Waals surface area contributed by atoms with Crippen LogP contribution in [0, 0.1) is 11.6 Å². The van der Waals surface area contributed by atoms with E-state index in [-0.39, 0.29) is 34.1 Å². The second kappa shape index (κ2) is 16.5. The molecule has 6 rings (SSSR count). The fourth-order valence-corrected chi connectivity index (χ4v) is 5.14. The zero-order valence-corrected chi connectivity index (χ0v) is 28.8. The molecule has 0 unspecified atom stereocenters. The molecule has 0 radical (unpaired) electrons. The average Bonchev–Trinajstić information content (AvgIpc) is 3.15. The van der Waals surface area contributed by atoms with E-state index in [0.29, 0.717) is 35.5 Å². The van der Waals surface area contributed by atoms with Crippen LogP contribution in [0.5, 0.6) is 34.5 Å². The Hall–Kier alpha value is -7.08. The summed E-state index contributed by atoms with van der Waals surface area (Å²) < 4.78 is 61.9. The van der Waals surface area contributed by atoms with E-state index >= 15 is 0 Å². The number of halogens is 2. The molecule has 54 heavy (non-hydrogen) atoms. The summed E-state index contributed by atoms with van der Waals surface area (Å²) in [5.74, 6) is -4.37. The Kier molecular flexibility index (Phi) is 11.2. The van der Waals surface area contributed by atoms with E-state index in [1.54, 1.807) is 36.4 Å². The third kappa shape index (κ3) is 8.86. The van der Waals surface area contributed by atoms with E-state index in [4.69, 9.17) is 28.4 Å². The lowest BCUT2D eigenvalue weighted by Gasteiger charge is -2.10. The molecule has 0 aromatic heterocycles. The topological polar surface area (TPSA) is 124 Å². The number of carbonyl (C=O) groups is 4. The van der Waals surface area contributed by atoms with Crippen LogP contribution in [-0.4, -0.2) is 37.1 Å². The third-order valence-electron chi connectivity index (χ3n) is 7.75. The molecule has 6 aromatic rings. The van der Waals surface area contributed by atoms with Gasteiger partial charge in [0.2, 0.25) is 0 Å². The van der Waals surface area contributed by atoms with Gasteiger partial charge in [-0.15, -0.1) is 0 Å². The molecule has 0 amide bonds. The van der Waals surface area contributed by atoms with E-state index in [9.17, 15) is 28.0 Å². The van der Waals surface area contributed by atoms with Crippen molar-refractivity contribution in [2.24, 2.45) is 0 Å². The first-order valence-electron chi connectivity index (χ1n) is 16.6. The summed E-state index contributed by atoms with van der Waals surface area (Å²) in [6.07, 6.45) is 0. The molecule has 0 fully saturated rings. The highest BCUT2D eigenvalue weighted by Gasteiger charge is 2.19. The minimum Gasteiger partial charge on any atom is -0.494 e. The molecule has 0 bridgehead atoms. The molecule has 0 saturated carbocycles. The van der Waals surface area contributed by atoms with Crippen molar-refractivity contribution in [3.8, 4) is 34.5 Å². The minimum absolute atomic E-state index is 0.0581. The largest absolute Gasteiger partial charge is 0.494 e. The molecule has 10 nitrogen and oxygen atoms in total. The first kappa shape index (κ1) is 36.7. The normalized spacial score (nSPS) is 10.7. The summed E-state index contributed by atoms with van der Waals surface area (Å²) in [4.78, 5) is 50.8. The van der Waals surface area contributed by atoms with Gasteiger partial charge < -0.3 is 28.4 Å². The Morgan fingerprint density at radius 2 is 0.741 bits per heavy atom. The van der Waals surface area contributed by atoms with Gasteiger partial charge in [0.1, 0.15) is 46.1 Å². The van der Waals surface area contributed by atoms with Crippen LogP contribution in [0.1, 0.15) is 55.3 Å². The molecule has 0 saturated heterocycles. The monoisotopic (exact) mass is 732 g/mol. The van der Waals surface area contributed by atoms with Crippen molar-refractivity contribution in [3.63, 3.8) is 0 Å². The lowest BCUT2D eigenvalue weighted by molar-refractivity contribution is 0.0715. The summed E-state index contributed by atoms with van der Waals surface area (Å²) in [6, 6.07) is 28.3. The summed E-state index contributed by atoms with van der Waals surface area (Å²) >= 11 is 0. The molecule has 6 aromatic carbocycles. The number of esters is 4. The minimum atomic E-state index is -1.01. The number of rotatable bonds is 12. The summed E-state index contributed by atoms with van der Waals surface area (Å²) in [5, 5.41) is 1.17. The maximum absolute atomic E-state index is 15.0. The van der Waals surface area contributed by atoms with E-state index < -0.39 is 46.6 Å². The van der Waals surface area contributed by atoms with Crippen molar-refractivity contribution < 1.29 is 56.4 Å². The van der Waals surface area contributed by atoms with Crippen LogP contribution < -0.4 is 28.4 Å². The molecular weight excluding hydrogens is 702 g/mol. The maximum atomic E-state index is 15.0. The standard InChI is InChI=1S/C42H30F2O10/c1-3-49-29-11-7-26(8-12-29)39(45)51-33-17-19-35(37(43)23-33)41(47)53-31-15-5-25-6-16-32(22-28(25)21-31)54-42(48)36-20-18-34(24-38(36)44)52-40(46)27-9-13-30(14-10-27)50-4-2/h5-24H,3-4H2,1-2H3. The lowest BCUT2D eigenvalue weighted by atomic mass is 10.1. The molecule has 0 atom stereocenters. The van der Waals surface area contributed by atoms with Crippen molar-refractivity contribution in [1.29, 1.82) is 0 Å². The van der Waals surface area contributed by atoms with Crippen molar-refractivity contribution in [1.82, 2.24) is 0 Å². The van der Waals surface area contributed by atoms with Gasteiger partial charge in [-0.3, -0.25) is 0 Å². The fraction of sp³-hybridized carbons (Fsp3) is 0.0952.